The monoisotopic (exact) mass is 251 g/mol. The molecule has 1 aliphatic carbocycles. The van der Waals surface area contributed by atoms with Gasteiger partial charge < -0.3 is 4.90 Å². The molecule has 3 heteroatoms. The molecule has 0 radical (unpaired) electrons. The zero-order valence-electron chi connectivity index (χ0n) is 11.7. The lowest BCUT2D eigenvalue weighted by Crippen LogP contribution is -2.46. The van der Waals surface area contributed by atoms with Crippen LogP contribution < -0.4 is 0 Å². The molecule has 0 aromatic heterocycles. The van der Waals surface area contributed by atoms with Crippen molar-refractivity contribution in [2.24, 2.45) is 11.3 Å². The number of likely N-dealkylation sites (tertiary alicyclic amines) is 1. The summed E-state index contributed by atoms with van der Waals surface area (Å²) >= 11 is 0. The molecule has 0 aromatic carbocycles. The van der Waals surface area contributed by atoms with Crippen molar-refractivity contribution in [2.75, 3.05) is 13.1 Å². The summed E-state index contributed by atoms with van der Waals surface area (Å²) in [7, 11) is 0. The van der Waals surface area contributed by atoms with Gasteiger partial charge in [0.1, 0.15) is 5.78 Å². The van der Waals surface area contributed by atoms with Gasteiger partial charge in [-0.15, -0.1) is 0 Å². The first-order valence-electron chi connectivity index (χ1n) is 7.37. The Hall–Kier alpha value is -0.860. The summed E-state index contributed by atoms with van der Waals surface area (Å²) in [5, 5.41) is 0. The SMILES string of the molecule is CC(C)C(=O)C1(CN2CCCC2=O)CCCCC1. The smallest absolute Gasteiger partial charge is 0.222 e. The summed E-state index contributed by atoms with van der Waals surface area (Å²) in [6, 6.07) is 0. The maximum atomic E-state index is 12.6. The second-order valence-electron chi connectivity index (χ2n) is 6.28. The molecule has 0 N–H and O–H groups in total. The number of rotatable bonds is 4. The van der Waals surface area contributed by atoms with Gasteiger partial charge >= 0.3 is 0 Å². The van der Waals surface area contributed by atoms with Crippen molar-refractivity contribution in [1.29, 1.82) is 0 Å². The van der Waals surface area contributed by atoms with Gasteiger partial charge in [0.05, 0.1) is 0 Å². The van der Waals surface area contributed by atoms with Crippen LogP contribution in [0.2, 0.25) is 0 Å². The second kappa shape index (κ2) is 5.41. The molecular formula is C15H25NO2. The largest absolute Gasteiger partial charge is 0.342 e. The molecule has 0 bridgehead atoms. The predicted molar refractivity (Wildman–Crippen MR) is 71.2 cm³/mol. The molecule has 1 saturated heterocycles. The molecule has 1 saturated carbocycles. The van der Waals surface area contributed by atoms with Gasteiger partial charge in [-0.1, -0.05) is 33.1 Å². The minimum Gasteiger partial charge on any atom is -0.342 e. The quantitative estimate of drug-likeness (QED) is 0.770. The van der Waals surface area contributed by atoms with E-state index in [4.69, 9.17) is 0 Å². The minimum absolute atomic E-state index is 0.0841. The Morgan fingerprint density at radius 2 is 1.89 bits per heavy atom. The predicted octanol–water partition coefficient (Wildman–Crippen LogP) is 2.78. The average Bonchev–Trinajstić information content (AvgIpc) is 2.75. The lowest BCUT2D eigenvalue weighted by Gasteiger charge is -2.40. The minimum atomic E-state index is -0.230. The van der Waals surface area contributed by atoms with Crippen molar-refractivity contribution >= 4 is 11.7 Å². The lowest BCUT2D eigenvalue weighted by molar-refractivity contribution is -0.138. The van der Waals surface area contributed by atoms with Crippen molar-refractivity contribution in [3.05, 3.63) is 0 Å². The van der Waals surface area contributed by atoms with Gasteiger partial charge in [-0.2, -0.15) is 0 Å². The van der Waals surface area contributed by atoms with Gasteiger partial charge in [-0.25, -0.2) is 0 Å². The van der Waals surface area contributed by atoms with Crippen LogP contribution in [0.15, 0.2) is 0 Å². The van der Waals surface area contributed by atoms with E-state index in [1.165, 1.54) is 6.42 Å². The molecule has 18 heavy (non-hydrogen) atoms. The molecule has 0 spiro atoms. The van der Waals surface area contributed by atoms with E-state index in [0.29, 0.717) is 18.7 Å². The first kappa shape index (κ1) is 13.6. The van der Waals surface area contributed by atoms with Gasteiger partial charge in [0.2, 0.25) is 5.91 Å². The highest BCUT2D eigenvalue weighted by Gasteiger charge is 2.42. The summed E-state index contributed by atoms with van der Waals surface area (Å²) in [5.74, 6) is 0.708. The maximum Gasteiger partial charge on any atom is 0.222 e. The van der Waals surface area contributed by atoms with Crippen LogP contribution in [-0.4, -0.2) is 29.7 Å². The number of amides is 1. The van der Waals surface area contributed by atoms with Crippen LogP contribution in [0, 0.1) is 11.3 Å². The highest BCUT2D eigenvalue weighted by molar-refractivity contribution is 5.88. The summed E-state index contributed by atoms with van der Waals surface area (Å²) in [4.78, 5) is 26.3. The standard InChI is InChI=1S/C15H25NO2/c1-12(2)14(18)15(8-4-3-5-9-15)11-16-10-6-7-13(16)17/h12H,3-11H2,1-2H3. The molecule has 0 unspecified atom stereocenters. The van der Waals surface area contributed by atoms with E-state index >= 15 is 0 Å². The van der Waals surface area contributed by atoms with Gasteiger partial charge in [0.25, 0.3) is 0 Å². The van der Waals surface area contributed by atoms with Crippen LogP contribution in [0.5, 0.6) is 0 Å². The average molecular weight is 251 g/mol. The van der Waals surface area contributed by atoms with E-state index in [0.717, 1.165) is 38.6 Å². The van der Waals surface area contributed by atoms with Crippen molar-refractivity contribution in [1.82, 2.24) is 4.90 Å². The zero-order chi connectivity index (χ0) is 13.2. The van der Waals surface area contributed by atoms with E-state index in [1.54, 1.807) is 0 Å². The number of nitrogens with zero attached hydrogens (tertiary/aromatic N) is 1. The lowest BCUT2D eigenvalue weighted by atomic mass is 9.68. The van der Waals surface area contributed by atoms with E-state index < -0.39 is 0 Å². The van der Waals surface area contributed by atoms with Crippen molar-refractivity contribution in [3.8, 4) is 0 Å². The Morgan fingerprint density at radius 1 is 1.22 bits per heavy atom. The fourth-order valence-electron chi connectivity index (χ4n) is 3.56. The number of ketones is 1. The Morgan fingerprint density at radius 3 is 2.39 bits per heavy atom. The number of hydrogen-bond acceptors (Lipinski definition) is 2. The van der Waals surface area contributed by atoms with Crippen LogP contribution in [0.4, 0.5) is 0 Å². The molecule has 1 amide bonds. The summed E-state index contributed by atoms with van der Waals surface area (Å²) in [5.41, 5.74) is -0.230. The van der Waals surface area contributed by atoms with Crippen molar-refractivity contribution in [3.63, 3.8) is 0 Å². The molecule has 0 aromatic rings. The molecule has 2 rings (SSSR count). The first-order chi connectivity index (χ1) is 8.55. The van der Waals surface area contributed by atoms with Crippen molar-refractivity contribution in [2.45, 2.75) is 58.8 Å². The highest BCUT2D eigenvalue weighted by atomic mass is 16.2. The highest BCUT2D eigenvalue weighted by Crippen LogP contribution is 2.40. The first-order valence-corrected chi connectivity index (χ1v) is 7.37. The van der Waals surface area contributed by atoms with Gasteiger partial charge in [0, 0.05) is 30.8 Å². The molecule has 2 fully saturated rings. The summed E-state index contributed by atoms with van der Waals surface area (Å²) < 4.78 is 0. The van der Waals surface area contributed by atoms with E-state index in [2.05, 4.69) is 0 Å². The third kappa shape index (κ3) is 2.60. The fraction of sp³-hybridized carbons (Fsp3) is 0.867. The number of Topliss-reactive ketones (excluding diaryl/α,β-unsaturated/α-hetero) is 1. The van der Waals surface area contributed by atoms with E-state index in [1.807, 2.05) is 18.7 Å². The molecular weight excluding hydrogens is 226 g/mol. The molecule has 102 valence electrons. The van der Waals surface area contributed by atoms with Crippen molar-refractivity contribution < 1.29 is 9.59 Å². The summed E-state index contributed by atoms with van der Waals surface area (Å²) in [6.07, 6.45) is 7.11. The van der Waals surface area contributed by atoms with Crippen LogP contribution in [0.25, 0.3) is 0 Å². The fourth-order valence-corrected chi connectivity index (χ4v) is 3.56. The van der Waals surface area contributed by atoms with Crippen LogP contribution in [0.1, 0.15) is 58.8 Å². The van der Waals surface area contributed by atoms with Crippen LogP contribution in [-0.2, 0) is 9.59 Å². The normalized spacial score (nSPS) is 23.7. The van der Waals surface area contributed by atoms with E-state index in [9.17, 15) is 9.59 Å². The Balaban J connectivity index is 2.13. The van der Waals surface area contributed by atoms with Gasteiger partial charge in [-0.3, -0.25) is 9.59 Å². The summed E-state index contributed by atoms with van der Waals surface area (Å²) in [6.45, 7) is 5.52. The third-order valence-corrected chi connectivity index (χ3v) is 4.52. The molecule has 3 nitrogen and oxygen atoms in total. The second-order valence-corrected chi connectivity index (χ2v) is 6.28. The molecule has 1 heterocycles. The van der Waals surface area contributed by atoms with Crippen LogP contribution >= 0.6 is 0 Å². The maximum absolute atomic E-state index is 12.6. The van der Waals surface area contributed by atoms with Gasteiger partial charge in [0.15, 0.2) is 0 Å². The number of carbonyl (C=O) groups excluding carboxylic acids is 2. The third-order valence-electron chi connectivity index (χ3n) is 4.52. The van der Waals surface area contributed by atoms with E-state index in [-0.39, 0.29) is 17.2 Å². The number of carbonyl (C=O) groups is 2. The zero-order valence-corrected chi connectivity index (χ0v) is 11.7. The Kier molecular flexibility index (Phi) is 4.08. The van der Waals surface area contributed by atoms with Crippen LogP contribution in [0.3, 0.4) is 0 Å². The molecule has 1 aliphatic heterocycles. The Bertz CT molecular complexity index is 329. The molecule has 0 atom stereocenters. The number of hydrogen-bond donors (Lipinski definition) is 0. The Labute approximate surface area is 110 Å². The van der Waals surface area contributed by atoms with Gasteiger partial charge in [-0.05, 0) is 19.3 Å². The molecule has 2 aliphatic rings. The topological polar surface area (TPSA) is 37.4 Å².